The molecule has 1 aliphatic heterocycles. The number of nitrogens with zero attached hydrogens (tertiary/aromatic N) is 3. The van der Waals surface area contributed by atoms with Gasteiger partial charge in [-0.25, -0.2) is 14.2 Å². The van der Waals surface area contributed by atoms with E-state index in [0.29, 0.717) is 24.7 Å². The summed E-state index contributed by atoms with van der Waals surface area (Å²) in [7, 11) is 1.80. The summed E-state index contributed by atoms with van der Waals surface area (Å²) >= 11 is 0. The van der Waals surface area contributed by atoms with Crippen molar-refractivity contribution in [3.63, 3.8) is 0 Å². The second-order valence-corrected chi connectivity index (χ2v) is 7.90. The van der Waals surface area contributed by atoms with Crippen molar-refractivity contribution in [2.24, 2.45) is 0 Å². The van der Waals surface area contributed by atoms with Gasteiger partial charge in [-0.1, -0.05) is 24.3 Å². The molecule has 7 heteroatoms. The van der Waals surface area contributed by atoms with Crippen molar-refractivity contribution in [2.75, 3.05) is 25.0 Å². The fourth-order valence-corrected chi connectivity index (χ4v) is 3.75. The number of hydrogen-bond acceptors (Lipinski definition) is 4. The van der Waals surface area contributed by atoms with Gasteiger partial charge in [0.15, 0.2) is 0 Å². The van der Waals surface area contributed by atoms with Crippen molar-refractivity contribution in [2.45, 2.75) is 25.9 Å². The minimum absolute atomic E-state index is 0.145. The average molecular weight is 435 g/mol. The maximum absolute atomic E-state index is 13.0. The van der Waals surface area contributed by atoms with Gasteiger partial charge in [0.2, 0.25) is 5.88 Å². The van der Waals surface area contributed by atoms with Crippen LogP contribution in [0.5, 0.6) is 11.6 Å². The monoisotopic (exact) mass is 434 g/mol. The lowest BCUT2D eigenvalue weighted by Crippen LogP contribution is -2.36. The number of carbonyl (C=O) groups is 1. The van der Waals surface area contributed by atoms with Crippen molar-refractivity contribution in [1.82, 2.24) is 15.2 Å². The Labute approximate surface area is 187 Å². The number of urea groups is 1. The number of aromatic nitrogens is 1. The molecule has 2 amide bonds. The van der Waals surface area contributed by atoms with E-state index in [0.717, 1.165) is 24.2 Å². The quantitative estimate of drug-likeness (QED) is 0.571. The average Bonchev–Trinajstić information content (AvgIpc) is 3.35. The molecule has 4 rings (SSSR count). The first kappa shape index (κ1) is 21.6. The molecule has 0 aliphatic carbocycles. The molecule has 2 heterocycles. The van der Waals surface area contributed by atoms with Gasteiger partial charge in [-0.05, 0) is 54.3 Å². The molecule has 0 spiro atoms. The minimum atomic E-state index is -0.319. The number of benzene rings is 2. The summed E-state index contributed by atoms with van der Waals surface area (Å²) in [5.74, 6) is 0.596. The Morgan fingerprint density at radius 2 is 1.84 bits per heavy atom. The SMILES string of the molecule is CN(Cc1ccccc1N1CCCC1)C(=O)NCc1ccc(Oc2ccc(F)cc2)nc1. The van der Waals surface area contributed by atoms with Crippen molar-refractivity contribution in [3.8, 4) is 11.6 Å². The largest absolute Gasteiger partial charge is 0.439 e. The third-order valence-electron chi connectivity index (χ3n) is 5.47. The highest BCUT2D eigenvalue weighted by atomic mass is 19.1. The van der Waals surface area contributed by atoms with Crippen molar-refractivity contribution < 1.29 is 13.9 Å². The van der Waals surface area contributed by atoms with Crippen LogP contribution in [0.4, 0.5) is 14.9 Å². The molecule has 0 unspecified atom stereocenters. The number of hydrogen-bond donors (Lipinski definition) is 1. The Morgan fingerprint density at radius 3 is 2.56 bits per heavy atom. The van der Waals surface area contributed by atoms with Gasteiger partial charge in [0.1, 0.15) is 11.6 Å². The molecule has 0 saturated carbocycles. The van der Waals surface area contributed by atoms with Gasteiger partial charge in [-0.3, -0.25) is 0 Å². The molecule has 1 aliphatic rings. The van der Waals surface area contributed by atoms with E-state index in [1.54, 1.807) is 36.3 Å². The number of carbonyl (C=O) groups excluding carboxylic acids is 1. The molecular formula is C25H27FN4O2. The first-order valence-electron chi connectivity index (χ1n) is 10.8. The fourth-order valence-electron chi connectivity index (χ4n) is 3.75. The van der Waals surface area contributed by atoms with E-state index in [2.05, 4.69) is 27.3 Å². The normalized spacial score (nSPS) is 13.1. The lowest BCUT2D eigenvalue weighted by atomic mass is 10.1. The second kappa shape index (κ2) is 10.1. The van der Waals surface area contributed by atoms with E-state index in [-0.39, 0.29) is 11.8 Å². The number of ether oxygens (including phenoxy) is 1. The molecule has 166 valence electrons. The van der Waals surface area contributed by atoms with Crippen LogP contribution in [-0.2, 0) is 13.1 Å². The zero-order valence-corrected chi connectivity index (χ0v) is 18.1. The zero-order chi connectivity index (χ0) is 22.3. The smallest absolute Gasteiger partial charge is 0.317 e. The van der Waals surface area contributed by atoms with Gasteiger partial charge < -0.3 is 19.9 Å². The van der Waals surface area contributed by atoms with Crippen molar-refractivity contribution in [3.05, 3.63) is 83.8 Å². The van der Waals surface area contributed by atoms with E-state index in [4.69, 9.17) is 4.74 Å². The van der Waals surface area contributed by atoms with Gasteiger partial charge in [0, 0.05) is 51.2 Å². The lowest BCUT2D eigenvalue weighted by Gasteiger charge is -2.24. The number of anilines is 1. The molecule has 32 heavy (non-hydrogen) atoms. The van der Waals surface area contributed by atoms with Crippen LogP contribution in [-0.4, -0.2) is 36.1 Å². The Hall–Kier alpha value is -3.61. The van der Waals surface area contributed by atoms with Gasteiger partial charge in [0.25, 0.3) is 0 Å². The summed E-state index contributed by atoms with van der Waals surface area (Å²) in [6, 6.07) is 17.5. The molecule has 1 N–H and O–H groups in total. The third kappa shape index (κ3) is 5.55. The van der Waals surface area contributed by atoms with Crippen LogP contribution >= 0.6 is 0 Å². The summed E-state index contributed by atoms with van der Waals surface area (Å²) in [5.41, 5.74) is 3.22. The first-order chi connectivity index (χ1) is 15.6. The fraction of sp³-hybridized carbons (Fsp3) is 0.280. The first-order valence-corrected chi connectivity index (χ1v) is 10.8. The highest BCUT2D eigenvalue weighted by Crippen LogP contribution is 2.25. The summed E-state index contributed by atoms with van der Waals surface area (Å²) in [6.45, 7) is 3.05. The molecule has 0 bridgehead atoms. The van der Waals surface area contributed by atoms with Gasteiger partial charge in [-0.2, -0.15) is 0 Å². The van der Waals surface area contributed by atoms with Crippen LogP contribution in [0.15, 0.2) is 66.9 Å². The number of amides is 2. The standard InChI is InChI=1S/C25H27FN4O2/c1-29(18-20-6-2-3-7-23(20)30-14-4-5-15-30)25(31)28-17-19-8-13-24(27-16-19)32-22-11-9-21(26)10-12-22/h2-3,6-13,16H,4-5,14-15,17-18H2,1H3,(H,28,31). The Balaban J connectivity index is 1.29. The number of para-hydroxylation sites is 1. The highest BCUT2D eigenvalue weighted by molar-refractivity contribution is 5.74. The van der Waals surface area contributed by atoms with E-state index in [1.165, 1.54) is 30.7 Å². The third-order valence-corrected chi connectivity index (χ3v) is 5.47. The van der Waals surface area contributed by atoms with Gasteiger partial charge >= 0.3 is 6.03 Å². The summed E-state index contributed by atoms with van der Waals surface area (Å²) in [5, 5.41) is 2.93. The predicted molar refractivity (Wildman–Crippen MR) is 122 cm³/mol. The molecule has 0 atom stereocenters. The highest BCUT2D eigenvalue weighted by Gasteiger charge is 2.17. The lowest BCUT2D eigenvalue weighted by molar-refractivity contribution is 0.206. The number of nitrogens with one attached hydrogen (secondary N) is 1. The van der Waals surface area contributed by atoms with Crippen LogP contribution in [0, 0.1) is 5.82 Å². The molecule has 1 fully saturated rings. The maximum atomic E-state index is 13.0. The molecular weight excluding hydrogens is 407 g/mol. The number of rotatable bonds is 7. The molecule has 1 aromatic heterocycles. The van der Waals surface area contributed by atoms with E-state index in [1.807, 2.05) is 18.2 Å². The van der Waals surface area contributed by atoms with Gasteiger partial charge in [-0.15, -0.1) is 0 Å². The van der Waals surface area contributed by atoms with Crippen LogP contribution in [0.2, 0.25) is 0 Å². The predicted octanol–water partition coefficient (Wildman–Crippen LogP) is 4.95. The van der Waals surface area contributed by atoms with E-state index >= 15 is 0 Å². The molecule has 0 radical (unpaired) electrons. The summed E-state index contributed by atoms with van der Waals surface area (Å²) < 4.78 is 18.6. The Morgan fingerprint density at radius 1 is 1.09 bits per heavy atom. The topological polar surface area (TPSA) is 57.7 Å². The van der Waals surface area contributed by atoms with Crippen LogP contribution < -0.4 is 15.0 Å². The Bertz CT molecular complexity index is 1030. The van der Waals surface area contributed by atoms with Gasteiger partial charge in [0.05, 0.1) is 0 Å². The molecule has 6 nitrogen and oxygen atoms in total. The van der Waals surface area contributed by atoms with Crippen molar-refractivity contribution >= 4 is 11.7 Å². The Kier molecular flexibility index (Phi) is 6.84. The second-order valence-electron chi connectivity index (χ2n) is 7.90. The van der Waals surface area contributed by atoms with E-state index in [9.17, 15) is 9.18 Å². The number of pyridine rings is 1. The maximum Gasteiger partial charge on any atom is 0.317 e. The number of halogens is 1. The van der Waals surface area contributed by atoms with Crippen molar-refractivity contribution in [1.29, 1.82) is 0 Å². The summed E-state index contributed by atoms with van der Waals surface area (Å²) in [4.78, 5) is 21.0. The van der Waals surface area contributed by atoms with E-state index < -0.39 is 0 Å². The zero-order valence-electron chi connectivity index (χ0n) is 18.1. The molecule has 3 aromatic rings. The molecule has 1 saturated heterocycles. The van der Waals surface area contributed by atoms with Crippen LogP contribution in [0.3, 0.4) is 0 Å². The summed E-state index contributed by atoms with van der Waals surface area (Å²) in [6.07, 6.45) is 4.08. The minimum Gasteiger partial charge on any atom is -0.439 e. The van der Waals surface area contributed by atoms with Crippen LogP contribution in [0.1, 0.15) is 24.0 Å². The van der Waals surface area contributed by atoms with Crippen LogP contribution in [0.25, 0.3) is 0 Å². The molecule has 2 aromatic carbocycles.